The van der Waals surface area contributed by atoms with Gasteiger partial charge >= 0.3 is 0 Å². The van der Waals surface area contributed by atoms with Gasteiger partial charge in [0.1, 0.15) is 5.69 Å². The van der Waals surface area contributed by atoms with Crippen LogP contribution in [0.3, 0.4) is 0 Å². The highest BCUT2D eigenvalue weighted by atomic mass is 16.2. The Morgan fingerprint density at radius 1 is 1.24 bits per heavy atom. The van der Waals surface area contributed by atoms with Gasteiger partial charge in [0.15, 0.2) is 0 Å². The van der Waals surface area contributed by atoms with E-state index in [2.05, 4.69) is 20.2 Å². The lowest BCUT2D eigenvalue weighted by molar-refractivity contribution is -0.139. The molecule has 0 aromatic carbocycles. The zero-order valence-corrected chi connectivity index (χ0v) is 17.1. The summed E-state index contributed by atoms with van der Waals surface area (Å²) in [6.07, 6.45) is 5.70. The van der Waals surface area contributed by atoms with Crippen LogP contribution in [0.2, 0.25) is 0 Å². The third-order valence-electron chi connectivity index (χ3n) is 6.13. The van der Waals surface area contributed by atoms with Crippen LogP contribution in [-0.4, -0.2) is 85.8 Å². The van der Waals surface area contributed by atoms with Gasteiger partial charge in [0, 0.05) is 58.7 Å². The van der Waals surface area contributed by atoms with Crippen molar-refractivity contribution in [1.29, 1.82) is 0 Å². The smallest absolute Gasteiger partial charge is 0.270 e. The van der Waals surface area contributed by atoms with Gasteiger partial charge in [-0.1, -0.05) is 5.21 Å². The van der Waals surface area contributed by atoms with Crippen LogP contribution < -0.4 is 0 Å². The van der Waals surface area contributed by atoms with Gasteiger partial charge < -0.3 is 14.8 Å². The first-order valence-electron chi connectivity index (χ1n) is 10.3. The Bertz CT molecular complexity index is 839. The molecule has 4 rings (SSSR count). The molecule has 0 saturated carbocycles. The zero-order chi connectivity index (χ0) is 20.4. The maximum Gasteiger partial charge on any atom is 0.270 e. The molecule has 2 saturated heterocycles. The van der Waals surface area contributed by atoms with E-state index in [-0.39, 0.29) is 17.9 Å². The van der Waals surface area contributed by atoms with Crippen LogP contribution in [0.4, 0.5) is 0 Å². The Labute approximate surface area is 170 Å². The lowest BCUT2D eigenvalue weighted by atomic mass is 9.96. The molecule has 4 heterocycles. The molecule has 2 aromatic heterocycles. The summed E-state index contributed by atoms with van der Waals surface area (Å²) in [4.78, 5) is 33.4. The van der Waals surface area contributed by atoms with Gasteiger partial charge in [-0.15, -0.1) is 5.10 Å². The first-order chi connectivity index (χ1) is 14.0. The fraction of sp³-hybridized carbons (Fsp3) is 0.600. The molecule has 156 valence electrons. The highest BCUT2D eigenvalue weighted by Gasteiger charge is 2.30. The van der Waals surface area contributed by atoms with E-state index in [1.54, 1.807) is 11.1 Å². The molecule has 9 heteroatoms. The number of piperidine rings is 1. The van der Waals surface area contributed by atoms with E-state index in [1.807, 2.05) is 41.9 Å². The molecule has 2 amide bonds. The van der Waals surface area contributed by atoms with E-state index >= 15 is 0 Å². The van der Waals surface area contributed by atoms with Crippen molar-refractivity contribution >= 4 is 11.8 Å². The standard InChI is InChI=1S/C20H29N7O2/c1-15-19(28)24(2)10-11-26(15)13-17-14-27(23-22-17)12-16-5-8-25(9-6-16)20(29)18-4-3-7-21-18/h3-4,7,14-16,21H,5-6,8-13H2,1-2H3/t15-/m0/s1. The maximum absolute atomic E-state index is 12.4. The predicted octanol–water partition coefficient (Wildman–Crippen LogP) is 0.821. The van der Waals surface area contributed by atoms with Crippen molar-refractivity contribution in [1.82, 2.24) is 34.7 Å². The topological polar surface area (TPSA) is 90.4 Å². The van der Waals surface area contributed by atoms with E-state index in [9.17, 15) is 9.59 Å². The number of likely N-dealkylation sites (N-methyl/N-ethyl adjacent to an activating group) is 1. The Morgan fingerprint density at radius 2 is 2.03 bits per heavy atom. The number of H-pyrrole nitrogens is 1. The lowest BCUT2D eigenvalue weighted by Crippen LogP contribution is -2.53. The monoisotopic (exact) mass is 399 g/mol. The molecule has 2 aromatic rings. The largest absolute Gasteiger partial charge is 0.357 e. The van der Waals surface area contributed by atoms with Gasteiger partial charge in [-0.05, 0) is 37.8 Å². The van der Waals surface area contributed by atoms with Crippen molar-refractivity contribution < 1.29 is 9.59 Å². The molecular formula is C20H29N7O2. The van der Waals surface area contributed by atoms with Crippen LogP contribution in [0.15, 0.2) is 24.5 Å². The Morgan fingerprint density at radius 3 is 2.76 bits per heavy atom. The summed E-state index contributed by atoms with van der Waals surface area (Å²) in [7, 11) is 1.85. The van der Waals surface area contributed by atoms with Crippen LogP contribution in [0.5, 0.6) is 0 Å². The second-order valence-corrected chi connectivity index (χ2v) is 8.16. The molecule has 0 spiro atoms. The summed E-state index contributed by atoms with van der Waals surface area (Å²) in [6.45, 7) is 6.54. The summed E-state index contributed by atoms with van der Waals surface area (Å²) in [5.74, 6) is 0.720. The molecule has 9 nitrogen and oxygen atoms in total. The number of aromatic nitrogens is 4. The SMILES string of the molecule is C[C@H]1C(=O)N(C)CCN1Cc1cn(CC2CCN(C(=O)c3ccc[nH]3)CC2)nn1. The minimum absolute atomic E-state index is 0.0762. The predicted molar refractivity (Wildman–Crippen MR) is 107 cm³/mol. The van der Waals surface area contributed by atoms with Gasteiger partial charge in [0.25, 0.3) is 5.91 Å². The summed E-state index contributed by atoms with van der Waals surface area (Å²) in [6, 6.07) is 3.54. The number of carbonyl (C=O) groups excluding carboxylic acids is 2. The van der Waals surface area contributed by atoms with Crippen LogP contribution >= 0.6 is 0 Å². The Kier molecular flexibility index (Phi) is 5.66. The van der Waals surface area contributed by atoms with Gasteiger partial charge in [-0.3, -0.25) is 19.2 Å². The van der Waals surface area contributed by atoms with Gasteiger partial charge in [0.2, 0.25) is 5.91 Å². The van der Waals surface area contributed by atoms with Crippen LogP contribution in [0, 0.1) is 5.92 Å². The van der Waals surface area contributed by atoms with E-state index < -0.39 is 0 Å². The summed E-state index contributed by atoms with van der Waals surface area (Å²) in [5.41, 5.74) is 1.55. The van der Waals surface area contributed by atoms with Crippen molar-refractivity contribution in [2.24, 2.45) is 5.92 Å². The fourth-order valence-corrected chi connectivity index (χ4v) is 4.20. The van der Waals surface area contributed by atoms with E-state index in [4.69, 9.17) is 0 Å². The first-order valence-corrected chi connectivity index (χ1v) is 10.3. The van der Waals surface area contributed by atoms with Crippen LogP contribution in [0.25, 0.3) is 0 Å². The highest BCUT2D eigenvalue weighted by molar-refractivity contribution is 5.92. The number of rotatable bonds is 5. The molecule has 0 bridgehead atoms. The number of likely N-dealkylation sites (tertiary alicyclic amines) is 1. The van der Waals surface area contributed by atoms with Crippen molar-refractivity contribution in [2.45, 2.75) is 38.9 Å². The van der Waals surface area contributed by atoms with Gasteiger partial charge in [-0.2, -0.15) is 0 Å². The molecule has 0 radical (unpaired) electrons. The van der Waals surface area contributed by atoms with Crippen LogP contribution in [0.1, 0.15) is 35.9 Å². The number of hydrogen-bond acceptors (Lipinski definition) is 5. The molecule has 1 atom stereocenters. The number of aromatic amines is 1. The van der Waals surface area contributed by atoms with Crippen molar-refractivity contribution in [3.8, 4) is 0 Å². The molecule has 0 unspecified atom stereocenters. The fourth-order valence-electron chi connectivity index (χ4n) is 4.20. The summed E-state index contributed by atoms with van der Waals surface area (Å²) in [5, 5.41) is 8.60. The molecule has 1 N–H and O–H groups in total. The first kappa shape index (κ1) is 19.6. The average Bonchev–Trinajstić information content (AvgIpc) is 3.41. The number of carbonyl (C=O) groups is 2. The molecule has 0 aliphatic carbocycles. The van der Waals surface area contributed by atoms with E-state index in [0.717, 1.165) is 51.3 Å². The van der Waals surface area contributed by atoms with Crippen molar-refractivity contribution in [2.75, 3.05) is 33.2 Å². The molecule has 2 aliphatic heterocycles. The van der Waals surface area contributed by atoms with E-state index in [0.29, 0.717) is 18.2 Å². The second-order valence-electron chi connectivity index (χ2n) is 8.16. The molecule has 2 fully saturated rings. The second kappa shape index (κ2) is 8.36. The van der Waals surface area contributed by atoms with Gasteiger partial charge in [-0.25, -0.2) is 0 Å². The number of amides is 2. The number of nitrogens with zero attached hydrogens (tertiary/aromatic N) is 6. The minimum Gasteiger partial charge on any atom is -0.357 e. The molecule has 29 heavy (non-hydrogen) atoms. The summed E-state index contributed by atoms with van der Waals surface area (Å²) >= 11 is 0. The minimum atomic E-state index is -0.125. The Hall–Kier alpha value is -2.68. The number of nitrogens with one attached hydrogen (secondary N) is 1. The summed E-state index contributed by atoms with van der Waals surface area (Å²) < 4.78 is 1.91. The van der Waals surface area contributed by atoms with E-state index in [1.165, 1.54) is 0 Å². The third-order valence-corrected chi connectivity index (χ3v) is 6.13. The maximum atomic E-state index is 12.4. The Balaban J connectivity index is 1.27. The molecule has 2 aliphatic rings. The third kappa shape index (κ3) is 4.34. The highest BCUT2D eigenvalue weighted by Crippen LogP contribution is 2.20. The lowest BCUT2D eigenvalue weighted by Gasteiger charge is -2.36. The van der Waals surface area contributed by atoms with Crippen LogP contribution in [-0.2, 0) is 17.9 Å². The average molecular weight is 399 g/mol. The zero-order valence-electron chi connectivity index (χ0n) is 17.1. The number of piperazine rings is 1. The normalized spacial score (nSPS) is 21.7. The number of hydrogen-bond donors (Lipinski definition) is 1. The molecular weight excluding hydrogens is 370 g/mol. The van der Waals surface area contributed by atoms with Gasteiger partial charge in [0.05, 0.1) is 11.7 Å². The van der Waals surface area contributed by atoms with Crippen molar-refractivity contribution in [3.05, 3.63) is 35.9 Å². The quantitative estimate of drug-likeness (QED) is 0.804. The van der Waals surface area contributed by atoms with Crippen molar-refractivity contribution in [3.63, 3.8) is 0 Å².